The Morgan fingerprint density at radius 2 is 0.789 bits per heavy atom. The summed E-state index contributed by atoms with van der Waals surface area (Å²) in [4.78, 5) is 34.1. The number of hydrogen-bond acceptors (Lipinski definition) is 17. The molecular weight excluding hydrogens is 1210 g/mol. The molecule has 0 aliphatic carbocycles. The zero-order chi connectivity index (χ0) is 68.4. The fourth-order valence-electron chi connectivity index (χ4n) is 9.87. The molecule has 0 aliphatic heterocycles. The van der Waals surface area contributed by atoms with Crippen LogP contribution in [0.4, 0.5) is 5.69 Å². The lowest BCUT2D eigenvalue weighted by Crippen LogP contribution is -1.93. The molecule has 95 heavy (non-hydrogen) atoms. The first-order chi connectivity index (χ1) is 45.9. The Bertz CT molecular complexity index is 4320. The van der Waals surface area contributed by atoms with Crippen LogP contribution >= 0.6 is 11.6 Å². The van der Waals surface area contributed by atoms with Gasteiger partial charge in [0.05, 0.1) is 77.3 Å². The highest BCUT2D eigenvalue weighted by Gasteiger charge is 2.11. The number of nitrogen functional groups attached to an aromatic ring is 1. The Morgan fingerprint density at radius 1 is 0.326 bits per heavy atom. The van der Waals surface area contributed by atoms with E-state index in [4.69, 9.17) is 45.8 Å². The van der Waals surface area contributed by atoms with Gasteiger partial charge in [-0.15, -0.1) is 10.2 Å². The van der Waals surface area contributed by atoms with Crippen LogP contribution in [0.2, 0.25) is 5.15 Å². The van der Waals surface area contributed by atoms with Crippen molar-refractivity contribution in [2.24, 2.45) is 0 Å². The number of ether oxygens (including phenoxy) is 6. The van der Waals surface area contributed by atoms with Crippen LogP contribution in [-0.4, -0.2) is 92.7 Å². The second-order valence-corrected chi connectivity index (χ2v) is 22.0. The van der Waals surface area contributed by atoms with Gasteiger partial charge in [-0.05, 0) is 253 Å². The van der Waals surface area contributed by atoms with Gasteiger partial charge < -0.3 is 34.2 Å². The number of nitrogens with two attached hydrogens (primary N) is 1. The van der Waals surface area contributed by atoms with Gasteiger partial charge in [0.1, 0.15) is 34.5 Å². The van der Waals surface area contributed by atoms with E-state index in [1.807, 2.05) is 182 Å². The zero-order valence-corrected chi connectivity index (χ0v) is 57.2. The quantitative estimate of drug-likeness (QED) is 0.120. The highest BCUT2D eigenvalue weighted by atomic mass is 35.5. The molecule has 17 nitrogen and oxygen atoms in total. The third-order valence-corrected chi connectivity index (χ3v) is 14.8. The molecule has 0 radical (unpaired) electrons. The molecule has 18 heteroatoms. The third kappa shape index (κ3) is 20.4. The average molecular weight is 1290 g/mol. The average Bonchev–Trinajstić information content (AvgIpc) is 0.961. The second kappa shape index (κ2) is 35.6. The predicted molar refractivity (Wildman–Crippen MR) is 381 cm³/mol. The van der Waals surface area contributed by atoms with Gasteiger partial charge in [0.25, 0.3) is 0 Å². The number of nitrogens with zero attached hydrogens (tertiary/aromatic N) is 10. The van der Waals surface area contributed by atoms with Crippen LogP contribution in [0, 0.1) is 62.3 Å². The summed E-state index contributed by atoms with van der Waals surface area (Å²) in [7, 11) is 10.0. The monoisotopic (exact) mass is 1290 g/mol. The molecule has 6 aromatic heterocycles. The number of halogens is 1. The number of aromatic nitrogens is 10. The molecule has 486 valence electrons. The summed E-state index contributed by atoms with van der Waals surface area (Å²) >= 11 is 5.68. The molecule has 0 aliphatic rings. The van der Waals surface area contributed by atoms with E-state index in [0.717, 1.165) is 153 Å². The summed E-state index contributed by atoms with van der Waals surface area (Å²) in [5, 5.41) is 8.23. The predicted octanol–water partition coefficient (Wildman–Crippen LogP) is 17.1. The lowest BCUT2D eigenvalue weighted by atomic mass is 10.0. The van der Waals surface area contributed by atoms with Crippen LogP contribution in [0.15, 0.2) is 201 Å². The van der Waals surface area contributed by atoms with Crippen molar-refractivity contribution in [3.05, 3.63) is 257 Å². The lowest BCUT2D eigenvalue weighted by Gasteiger charge is -2.11. The summed E-state index contributed by atoms with van der Waals surface area (Å²) in [5.74, 6) is 6.85. The Hall–Kier alpha value is -11.2. The van der Waals surface area contributed by atoms with Crippen LogP contribution in [0.3, 0.4) is 0 Å². The maximum Gasteiger partial charge on any atom is 0.159 e. The fraction of sp³-hybridized carbons (Fsp3) is 0.195. The van der Waals surface area contributed by atoms with Gasteiger partial charge in [-0.3, -0.25) is 19.9 Å². The molecule has 0 fully saturated rings. The van der Waals surface area contributed by atoms with E-state index in [1.165, 1.54) is 0 Å². The minimum atomic E-state index is 0.397. The molecule has 12 aromatic rings. The third-order valence-electron chi connectivity index (χ3n) is 14.6. The molecule has 0 saturated heterocycles. The standard InChI is InChI=1S/C15H17NO.2C13H14N2O.C12H11ClN2O.2C12H12N2O/c1-10-8-13(9-11(2)15(10)17-4)14-7-5-6-12(3)16-14;1-9-8-11(4-5-12(9)16-3)13-14-7-6-10(2)15-13;1-9-8-10(5-6-12(9)16-2)13-11(14)4-3-7-15-13;1-8-7-9(3-5-11(8)16-2)10-4-6-12(13)15-14-10;1-9-8-10(4-5-11(9)15-2)12-13-6-3-7-14-12;1-9-7-10(3-4-12(9)15-2)11-8-13-5-6-14-11/h5-9H,1-4H3;4-8H,1-3H3;3-8H,14H2,1-2H3;3-7H,1-2H3;2*3-8H,1-2H3. The van der Waals surface area contributed by atoms with E-state index in [1.54, 1.807) is 98.2 Å². The molecule has 6 heterocycles. The van der Waals surface area contributed by atoms with Crippen molar-refractivity contribution >= 4 is 17.3 Å². The van der Waals surface area contributed by atoms with E-state index in [2.05, 4.69) is 76.0 Å². The second-order valence-electron chi connectivity index (χ2n) is 21.6. The van der Waals surface area contributed by atoms with Crippen molar-refractivity contribution in [2.75, 3.05) is 48.4 Å². The van der Waals surface area contributed by atoms with Gasteiger partial charge in [-0.25, -0.2) is 19.9 Å². The van der Waals surface area contributed by atoms with Gasteiger partial charge in [0.15, 0.2) is 16.8 Å². The summed E-state index contributed by atoms with van der Waals surface area (Å²) in [5.41, 5.74) is 26.0. The van der Waals surface area contributed by atoms with Gasteiger partial charge in [-0.1, -0.05) is 17.7 Å². The van der Waals surface area contributed by atoms with E-state index < -0.39 is 0 Å². The number of aryl methyl sites for hydroxylation is 9. The van der Waals surface area contributed by atoms with Crippen LogP contribution in [0.25, 0.3) is 67.8 Å². The number of hydrogen-bond donors (Lipinski definition) is 1. The highest BCUT2D eigenvalue weighted by molar-refractivity contribution is 6.29. The van der Waals surface area contributed by atoms with Crippen LogP contribution < -0.4 is 34.2 Å². The van der Waals surface area contributed by atoms with Crippen molar-refractivity contribution in [2.45, 2.75) is 62.3 Å². The van der Waals surface area contributed by atoms with E-state index in [-0.39, 0.29) is 0 Å². The van der Waals surface area contributed by atoms with Crippen molar-refractivity contribution in [1.82, 2.24) is 50.1 Å². The van der Waals surface area contributed by atoms with Gasteiger partial charge in [0, 0.05) is 81.9 Å². The van der Waals surface area contributed by atoms with Crippen molar-refractivity contribution in [3.8, 4) is 102 Å². The molecule has 0 spiro atoms. The molecule has 2 N–H and O–H groups in total. The summed E-state index contributed by atoms with van der Waals surface area (Å²) in [6.45, 7) is 18.1. The molecule has 12 rings (SSSR count). The van der Waals surface area contributed by atoms with E-state index in [0.29, 0.717) is 10.8 Å². The molecule has 6 aromatic carbocycles. The Kier molecular flexibility index (Phi) is 26.7. The SMILES string of the molecule is COc1c(C)cc(-c2cccc(C)n2)cc1C.COc1ccc(-c2ccc(Cl)nn2)cc1C.COc1ccc(-c2cnccn2)cc1C.COc1ccc(-c2nccc(C)n2)cc1C.COc1ccc(-c2ncccc2N)cc1C.COc1ccc(-c2ncccn2)cc1C. The first-order valence-electron chi connectivity index (χ1n) is 30.2. The largest absolute Gasteiger partial charge is 0.496 e. The maximum absolute atomic E-state index is 5.88. The molecule has 0 bridgehead atoms. The van der Waals surface area contributed by atoms with E-state index in [9.17, 15) is 0 Å². The molecule has 0 saturated carbocycles. The van der Waals surface area contributed by atoms with Gasteiger partial charge >= 0.3 is 0 Å². The Balaban J connectivity index is 0.000000161. The first kappa shape index (κ1) is 71.3. The van der Waals surface area contributed by atoms with Crippen molar-refractivity contribution in [1.29, 1.82) is 0 Å². The smallest absolute Gasteiger partial charge is 0.159 e. The number of anilines is 1. The molecule has 0 unspecified atom stereocenters. The number of pyridine rings is 2. The van der Waals surface area contributed by atoms with Crippen LogP contribution in [0.5, 0.6) is 34.5 Å². The first-order valence-corrected chi connectivity index (χ1v) is 30.6. The maximum atomic E-state index is 5.88. The highest BCUT2D eigenvalue weighted by Crippen LogP contribution is 2.32. The van der Waals surface area contributed by atoms with E-state index >= 15 is 0 Å². The summed E-state index contributed by atoms with van der Waals surface area (Å²) < 4.78 is 31.4. The lowest BCUT2D eigenvalue weighted by molar-refractivity contribution is 0.408. The minimum Gasteiger partial charge on any atom is -0.496 e. The van der Waals surface area contributed by atoms with Crippen molar-refractivity contribution in [3.63, 3.8) is 0 Å². The Morgan fingerprint density at radius 3 is 1.25 bits per heavy atom. The normalized spacial score (nSPS) is 10.1. The zero-order valence-electron chi connectivity index (χ0n) is 56.4. The summed E-state index contributed by atoms with van der Waals surface area (Å²) in [6, 6.07) is 50.9. The Labute approximate surface area is 562 Å². The topological polar surface area (TPSA) is 210 Å². The number of rotatable bonds is 12. The minimum absolute atomic E-state index is 0.397. The molecular formula is C77H80ClN11O6. The molecule has 0 atom stereocenters. The van der Waals surface area contributed by atoms with Crippen LogP contribution in [0.1, 0.15) is 50.3 Å². The van der Waals surface area contributed by atoms with Gasteiger partial charge in [-0.2, -0.15) is 0 Å². The van der Waals surface area contributed by atoms with Crippen molar-refractivity contribution < 1.29 is 28.4 Å². The van der Waals surface area contributed by atoms with Crippen LogP contribution in [-0.2, 0) is 0 Å². The summed E-state index contributed by atoms with van der Waals surface area (Å²) in [6.07, 6.45) is 12.1. The molecule has 0 amide bonds. The number of benzene rings is 6. The fourth-order valence-corrected chi connectivity index (χ4v) is 9.97. The van der Waals surface area contributed by atoms with Gasteiger partial charge in [0.2, 0.25) is 0 Å². The number of methoxy groups -OCH3 is 6.